The highest BCUT2D eigenvalue weighted by Crippen LogP contribution is 2.30. The topological polar surface area (TPSA) is 59.9 Å². The summed E-state index contributed by atoms with van der Waals surface area (Å²) < 4.78 is 10.7. The van der Waals surface area contributed by atoms with Crippen molar-refractivity contribution in [3.63, 3.8) is 0 Å². The van der Waals surface area contributed by atoms with Crippen molar-refractivity contribution < 1.29 is 14.3 Å². The van der Waals surface area contributed by atoms with Crippen LogP contribution in [0, 0.1) is 6.92 Å². The first-order valence-corrected chi connectivity index (χ1v) is 8.00. The van der Waals surface area contributed by atoms with Crippen molar-refractivity contribution in [1.82, 2.24) is 5.32 Å². The molecule has 0 saturated carbocycles. The fourth-order valence-corrected chi connectivity index (χ4v) is 2.77. The van der Waals surface area contributed by atoms with E-state index >= 15 is 0 Å². The summed E-state index contributed by atoms with van der Waals surface area (Å²) in [6.45, 7) is 1.93. The summed E-state index contributed by atoms with van der Waals surface area (Å²) in [6, 6.07) is 10.8. The van der Waals surface area contributed by atoms with Gasteiger partial charge in [0.1, 0.15) is 23.0 Å². The minimum absolute atomic E-state index is 0.281. The molecule has 0 bridgehead atoms. The van der Waals surface area contributed by atoms with Crippen LogP contribution in [0.1, 0.15) is 16.7 Å². The van der Waals surface area contributed by atoms with E-state index in [0.717, 1.165) is 11.1 Å². The number of methoxy groups -OCH3 is 2. The third-order valence-electron chi connectivity index (χ3n) is 3.83. The molecule has 1 aliphatic heterocycles. The zero-order chi connectivity index (χ0) is 18.0. The van der Waals surface area contributed by atoms with E-state index < -0.39 is 0 Å². The van der Waals surface area contributed by atoms with E-state index in [-0.39, 0.29) is 5.91 Å². The van der Waals surface area contributed by atoms with E-state index in [0.29, 0.717) is 33.6 Å². The third-order valence-corrected chi connectivity index (χ3v) is 4.07. The van der Waals surface area contributed by atoms with Gasteiger partial charge in [0.2, 0.25) is 0 Å². The number of aryl methyl sites for hydroxylation is 1. The molecule has 1 amide bonds. The Labute approximate surface area is 150 Å². The van der Waals surface area contributed by atoms with E-state index in [2.05, 4.69) is 10.3 Å². The summed E-state index contributed by atoms with van der Waals surface area (Å²) >= 11 is 6.00. The van der Waals surface area contributed by atoms with Crippen molar-refractivity contribution >= 4 is 29.4 Å². The van der Waals surface area contributed by atoms with Crippen molar-refractivity contribution in [2.24, 2.45) is 4.99 Å². The van der Waals surface area contributed by atoms with Gasteiger partial charge in [-0.1, -0.05) is 23.7 Å². The minimum atomic E-state index is -0.281. The second kappa shape index (κ2) is 6.99. The molecule has 1 heterocycles. The molecule has 0 unspecified atom stereocenters. The van der Waals surface area contributed by atoms with Gasteiger partial charge < -0.3 is 14.8 Å². The van der Waals surface area contributed by atoms with Crippen molar-refractivity contribution in [2.45, 2.75) is 6.92 Å². The number of carbonyl (C=O) groups is 1. The maximum Gasteiger partial charge on any atom is 0.275 e. The molecule has 25 heavy (non-hydrogen) atoms. The summed E-state index contributed by atoms with van der Waals surface area (Å²) in [5.41, 5.74) is 2.70. The second-order valence-electron chi connectivity index (χ2n) is 5.52. The van der Waals surface area contributed by atoms with Gasteiger partial charge in [0.25, 0.3) is 5.91 Å². The largest absolute Gasteiger partial charge is 0.496 e. The van der Waals surface area contributed by atoms with E-state index in [1.54, 1.807) is 32.4 Å². The average Bonchev–Trinajstić information content (AvgIpc) is 2.97. The Kier molecular flexibility index (Phi) is 4.76. The third kappa shape index (κ3) is 3.51. The predicted octanol–water partition coefficient (Wildman–Crippen LogP) is 3.58. The van der Waals surface area contributed by atoms with Crippen LogP contribution in [-0.2, 0) is 4.79 Å². The van der Waals surface area contributed by atoms with E-state index in [1.807, 2.05) is 31.2 Å². The number of hydrogen-bond donors (Lipinski definition) is 1. The number of nitrogens with one attached hydrogen (secondary N) is 1. The maximum absolute atomic E-state index is 12.3. The summed E-state index contributed by atoms with van der Waals surface area (Å²) in [7, 11) is 3.18. The van der Waals surface area contributed by atoms with E-state index in [9.17, 15) is 4.79 Å². The molecule has 0 radical (unpaired) electrons. The van der Waals surface area contributed by atoms with Gasteiger partial charge in [0.05, 0.1) is 14.2 Å². The summed E-state index contributed by atoms with van der Waals surface area (Å²) in [6.07, 6.45) is 1.67. The molecule has 0 fully saturated rings. The first-order chi connectivity index (χ1) is 12.0. The fraction of sp³-hybridized carbons (Fsp3) is 0.158. The van der Waals surface area contributed by atoms with Gasteiger partial charge in [-0.25, -0.2) is 4.99 Å². The zero-order valence-corrected chi connectivity index (χ0v) is 14.8. The van der Waals surface area contributed by atoms with Crippen LogP contribution in [0.4, 0.5) is 0 Å². The quantitative estimate of drug-likeness (QED) is 0.852. The number of benzene rings is 2. The molecule has 5 nitrogen and oxygen atoms in total. The molecule has 2 aromatic rings. The van der Waals surface area contributed by atoms with E-state index in [4.69, 9.17) is 21.1 Å². The highest BCUT2D eigenvalue weighted by atomic mass is 35.5. The molecule has 0 atom stereocenters. The predicted molar refractivity (Wildman–Crippen MR) is 98.4 cm³/mol. The number of halogens is 1. The van der Waals surface area contributed by atoms with Gasteiger partial charge in [0.15, 0.2) is 0 Å². The number of carbonyl (C=O) groups excluding carboxylic acids is 1. The highest BCUT2D eigenvalue weighted by Gasteiger charge is 2.22. The molecule has 1 N–H and O–H groups in total. The van der Waals surface area contributed by atoms with Crippen molar-refractivity contribution in [1.29, 1.82) is 0 Å². The van der Waals surface area contributed by atoms with Crippen molar-refractivity contribution in [2.75, 3.05) is 14.2 Å². The fourth-order valence-electron chi connectivity index (χ4n) is 2.58. The number of aliphatic imine (C=N–C) groups is 1. The first-order valence-electron chi connectivity index (χ1n) is 7.62. The summed E-state index contributed by atoms with van der Waals surface area (Å²) in [5.74, 6) is 1.54. The molecule has 1 aliphatic rings. The number of ether oxygens (including phenoxy) is 2. The van der Waals surface area contributed by atoms with Crippen LogP contribution in [0.2, 0.25) is 5.02 Å². The summed E-state index contributed by atoms with van der Waals surface area (Å²) in [5, 5.41) is 3.34. The van der Waals surface area contributed by atoms with Crippen LogP contribution in [0.3, 0.4) is 0 Å². The molecule has 128 valence electrons. The van der Waals surface area contributed by atoms with Crippen LogP contribution in [0.5, 0.6) is 11.5 Å². The Morgan fingerprint density at radius 2 is 1.88 bits per heavy atom. The van der Waals surface area contributed by atoms with Gasteiger partial charge in [-0.05, 0) is 42.8 Å². The first kappa shape index (κ1) is 17.0. The second-order valence-corrected chi connectivity index (χ2v) is 5.95. The number of rotatable bonds is 4. The molecular formula is C19H17ClN2O3. The van der Waals surface area contributed by atoms with Crippen LogP contribution in [0.15, 0.2) is 47.1 Å². The van der Waals surface area contributed by atoms with Gasteiger partial charge in [-0.15, -0.1) is 0 Å². The van der Waals surface area contributed by atoms with E-state index in [1.165, 1.54) is 0 Å². The van der Waals surface area contributed by atoms with Gasteiger partial charge in [-0.2, -0.15) is 0 Å². The highest BCUT2D eigenvalue weighted by molar-refractivity contribution is 6.31. The molecule has 0 spiro atoms. The SMILES string of the molecule is COc1cc(/C=C2/N=C(c3cccc(Cl)c3)NC2=O)c(OC)cc1C. The monoisotopic (exact) mass is 356 g/mol. The van der Waals surface area contributed by atoms with Crippen molar-refractivity contribution in [3.05, 3.63) is 63.8 Å². The van der Waals surface area contributed by atoms with Gasteiger partial charge in [0, 0.05) is 16.1 Å². The zero-order valence-electron chi connectivity index (χ0n) is 14.1. The van der Waals surface area contributed by atoms with Gasteiger partial charge >= 0.3 is 0 Å². The van der Waals surface area contributed by atoms with Crippen LogP contribution in [0.25, 0.3) is 6.08 Å². The van der Waals surface area contributed by atoms with Gasteiger partial charge in [-0.3, -0.25) is 4.79 Å². The maximum atomic E-state index is 12.3. The lowest BCUT2D eigenvalue weighted by molar-refractivity contribution is -0.115. The average molecular weight is 357 g/mol. The molecule has 0 saturated heterocycles. The normalized spacial score (nSPS) is 15.1. The molecular weight excluding hydrogens is 340 g/mol. The Bertz CT molecular complexity index is 904. The van der Waals surface area contributed by atoms with Crippen molar-refractivity contribution in [3.8, 4) is 11.5 Å². The Morgan fingerprint density at radius 3 is 2.56 bits per heavy atom. The molecule has 3 rings (SSSR count). The number of amidine groups is 1. The Morgan fingerprint density at radius 1 is 1.12 bits per heavy atom. The Balaban J connectivity index is 2.02. The lowest BCUT2D eigenvalue weighted by Crippen LogP contribution is -2.24. The minimum Gasteiger partial charge on any atom is -0.496 e. The van der Waals surface area contributed by atoms with Crippen LogP contribution in [-0.4, -0.2) is 26.0 Å². The van der Waals surface area contributed by atoms with Crippen LogP contribution < -0.4 is 14.8 Å². The molecule has 0 aromatic heterocycles. The standard InChI is InChI=1S/C19H17ClN2O3/c1-11-7-17(25-3)13(10-16(11)24-2)9-15-19(23)22-18(21-15)12-5-4-6-14(20)8-12/h4-10H,1-3H3,(H,21,22,23)/b15-9+. The molecule has 6 heteroatoms. The number of hydrogen-bond acceptors (Lipinski definition) is 4. The van der Waals surface area contributed by atoms with Crippen LogP contribution >= 0.6 is 11.6 Å². The molecule has 0 aliphatic carbocycles. The number of nitrogens with zero attached hydrogens (tertiary/aromatic N) is 1. The lowest BCUT2D eigenvalue weighted by Gasteiger charge is -2.10. The number of amides is 1. The Hall–Kier alpha value is -2.79. The smallest absolute Gasteiger partial charge is 0.275 e. The lowest BCUT2D eigenvalue weighted by atomic mass is 10.1. The summed E-state index contributed by atoms with van der Waals surface area (Å²) in [4.78, 5) is 16.7. The molecule has 2 aromatic carbocycles.